The van der Waals surface area contributed by atoms with Gasteiger partial charge in [0.25, 0.3) is 0 Å². The van der Waals surface area contributed by atoms with Gasteiger partial charge in [-0.3, -0.25) is 19.4 Å². The van der Waals surface area contributed by atoms with E-state index in [9.17, 15) is 9.59 Å². The highest BCUT2D eigenvalue weighted by Crippen LogP contribution is 2.18. The average Bonchev–Trinajstić information content (AvgIpc) is 3.39. The minimum atomic E-state index is -0.0875. The topological polar surface area (TPSA) is 65.1 Å². The first-order chi connectivity index (χ1) is 11.1. The van der Waals surface area contributed by atoms with Gasteiger partial charge in [0.15, 0.2) is 0 Å². The number of nitrogens with one attached hydrogen (secondary N) is 1. The van der Waals surface area contributed by atoms with Gasteiger partial charge < -0.3 is 15.0 Å². The number of ether oxygens (including phenoxy) is 1. The Hall–Kier alpha value is -1.18. The van der Waals surface area contributed by atoms with E-state index in [1.165, 1.54) is 0 Å². The van der Waals surface area contributed by atoms with Gasteiger partial charge >= 0.3 is 0 Å². The van der Waals surface area contributed by atoms with E-state index in [0.717, 1.165) is 39.0 Å². The molecule has 2 aliphatic heterocycles. The standard InChI is InChI=1S/C16H28N4O3/c1-13(16(22)20-8-10-23-11-9-20)19-6-4-18(5-7-19)12-15(21)17-14-2-3-14/h13-14H,2-12H2,1H3,(H,17,21). The zero-order valence-electron chi connectivity index (χ0n) is 14.0. The number of hydrogen-bond acceptors (Lipinski definition) is 5. The van der Waals surface area contributed by atoms with Gasteiger partial charge in [0.1, 0.15) is 0 Å². The maximum atomic E-state index is 12.5. The largest absolute Gasteiger partial charge is 0.378 e. The van der Waals surface area contributed by atoms with E-state index < -0.39 is 0 Å². The smallest absolute Gasteiger partial charge is 0.239 e. The zero-order chi connectivity index (χ0) is 16.2. The first kappa shape index (κ1) is 16.7. The van der Waals surface area contributed by atoms with Crippen LogP contribution < -0.4 is 5.32 Å². The Balaban J connectivity index is 1.40. The number of piperazine rings is 1. The van der Waals surface area contributed by atoms with Crippen molar-refractivity contribution in [2.45, 2.75) is 31.8 Å². The third kappa shape index (κ3) is 4.65. The lowest BCUT2D eigenvalue weighted by Crippen LogP contribution is -2.56. The van der Waals surface area contributed by atoms with Crippen molar-refractivity contribution in [2.75, 3.05) is 59.0 Å². The quantitative estimate of drug-likeness (QED) is 0.712. The third-order valence-corrected chi connectivity index (χ3v) is 4.94. The van der Waals surface area contributed by atoms with Crippen LogP contribution in [0.1, 0.15) is 19.8 Å². The van der Waals surface area contributed by atoms with E-state index in [-0.39, 0.29) is 17.9 Å². The maximum Gasteiger partial charge on any atom is 0.239 e. The molecule has 2 amide bonds. The summed E-state index contributed by atoms with van der Waals surface area (Å²) < 4.78 is 5.31. The molecule has 1 saturated carbocycles. The van der Waals surface area contributed by atoms with Crippen molar-refractivity contribution in [2.24, 2.45) is 0 Å². The molecule has 0 radical (unpaired) electrons. The van der Waals surface area contributed by atoms with Crippen molar-refractivity contribution in [3.63, 3.8) is 0 Å². The van der Waals surface area contributed by atoms with Crippen molar-refractivity contribution < 1.29 is 14.3 Å². The number of rotatable bonds is 5. The zero-order valence-corrected chi connectivity index (χ0v) is 14.0. The lowest BCUT2D eigenvalue weighted by Gasteiger charge is -2.39. The van der Waals surface area contributed by atoms with Crippen LogP contribution in [0, 0.1) is 0 Å². The van der Waals surface area contributed by atoms with Crippen LogP contribution in [0.15, 0.2) is 0 Å². The fraction of sp³-hybridized carbons (Fsp3) is 0.875. The summed E-state index contributed by atoms with van der Waals surface area (Å²) in [5.74, 6) is 0.339. The normalized spacial score (nSPS) is 25.2. The van der Waals surface area contributed by atoms with Crippen LogP contribution in [0.2, 0.25) is 0 Å². The Bertz CT molecular complexity index is 427. The Labute approximate surface area is 137 Å². The molecule has 130 valence electrons. The molecule has 1 atom stereocenters. The molecule has 23 heavy (non-hydrogen) atoms. The number of carbonyl (C=O) groups is 2. The fourth-order valence-corrected chi connectivity index (χ4v) is 3.22. The Morgan fingerprint density at radius 3 is 2.35 bits per heavy atom. The molecule has 0 spiro atoms. The van der Waals surface area contributed by atoms with Crippen LogP contribution >= 0.6 is 0 Å². The van der Waals surface area contributed by atoms with Crippen molar-refractivity contribution in [1.29, 1.82) is 0 Å². The summed E-state index contributed by atoms with van der Waals surface area (Å²) in [6, 6.07) is 0.338. The molecule has 2 saturated heterocycles. The third-order valence-electron chi connectivity index (χ3n) is 4.94. The minimum Gasteiger partial charge on any atom is -0.378 e. The van der Waals surface area contributed by atoms with Gasteiger partial charge in [-0.25, -0.2) is 0 Å². The van der Waals surface area contributed by atoms with Gasteiger partial charge in [-0.1, -0.05) is 0 Å². The monoisotopic (exact) mass is 324 g/mol. The molecule has 1 aliphatic carbocycles. The second kappa shape index (κ2) is 7.59. The molecule has 7 heteroatoms. The fourth-order valence-electron chi connectivity index (χ4n) is 3.22. The van der Waals surface area contributed by atoms with Crippen LogP contribution in [0.4, 0.5) is 0 Å². The molecular weight excluding hydrogens is 296 g/mol. The lowest BCUT2D eigenvalue weighted by molar-refractivity contribution is -0.141. The molecule has 3 fully saturated rings. The summed E-state index contributed by atoms with van der Waals surface area (Å²) in [6.45, 7) is 8.53. The number of nitrogens with zero attached hydrogens (tertiary/aromatic N) is 3. The highest BCUT2D eigenvalue weighted by atomic mass is 16.5. The van der Waals surface area contributed by atoms with Gasteiger partial charge in [0.05, 0.1) is 25.8 Å². The van der Waals surface area contributed by atoms with Gasteiger partial charge in [0, 0.05) is 45.3 Å². The molecule has 7 nitrogen and oxygen atoms in total. The molecule has 2 heterocycles. The van der Waals surface area contributed by atoms with Gasteiger partial charge in [-0.05, 0) is 19.8 Å². The van der Waals surface area contributed by atoms with Crippen LogP contribution in [0.3, 0.4) is 0 Å². The number of hydrogen-bond donors (Lipinski definition) is 1. The maximum absolute atomic E-state index is 12.5. The predicted molar refractivity (Wildman–Crippen MR) is 86.0 cm³/mol. The Morgan fingerprint density at radius 1 is 1.09 bits per heavy atom. The molecule has 0 aromatic carbocycles. The van der Waals surface area contributed by atoms with Gasteiger partial charge in [-0.2, -0.15) is 0 Å². The number of carbonyl (C=O) groups excluding carboxylic acids is 2. The molecule has 1 unspecified atom stereocenters. The molecule has 0 aromatic heterocycles. The van der Waals surface area contributed by atoms with E-state index >= 15 is 0 Å². The van der Waals surface area contributed by atoms with Crippen LogP contribution in [-0.2, 0) is 14.3 Å². The molecule has 0 aromatic rings. The number of amides is 2. The van der Waals surface area contributed by atoms with E-state index in [1.54, 1.807) is 0 Å². The Kier molecular flexibility index (Phi) is 5.50. The SMILES string of the molecule is CC(C(=O)N1CCOCC1)N1CCN(CC(=O)NC2CC2)CC1. The van der Waals surface area contributed by atoms with Gasteiger partial charge in [-0.15, -0.1) is 0 Å². The van der Waals surface area contributed by atoms with Gasteiger partial charge in [0.2, 0.25) is 11.8 Å². The van der Waals surface area contributed by atoms with Crippen molar-refractivity contribution in [3.8, 4) is 0 Å². The van der Waals surface area contributed by atoms with Crippen molar-refractivity contribution in [3.05, 3.63) is 0 Å². The van der Waals surface area contributed by atoms with E-state index in [1.807, 2.05) is 11.8 Å². The summed E-state index contributed by atoms with van der Waals surface area (Å²) in [5, 5.41) is 3.03. The van der Waals surface area contributed by atoms with Crippen molar-refractivity contribution in [1.82, 2.24) is 20.0 Å². The first-order valence-corrected chi connectivity index (χ1v) is 8.76. The van der Waals surface area contributed by atoms with Crippen LogP contribution in [-0.4, -0.2) is 97.6 Å². The highest BCUT2D eigenvalue weighted by molar-refractivity contribution is 5.81. The first-order valence-electron chi connectivity index (χ1n) is 8.76. The molecule has 3 rings (SSSR count). The summed E-state index contributed by atoms with van der Waals surface area (Å²) in [7, 11) is 0. The predicted octanol–water partition coefficient (Wildman–Crippen LogP) is -0.870. The lowest BCUT2D eigenvalue weighted by atomic mass is 10.2. The minimum absolute atomic E-state index is 0.0875. The average molecular weight is 324 g/mol. The highest BCUT2D eigenvalue weighted by Gasteiger charge is 2.30. The molecular formula is C16H28N4O3. The van der Waals surface area contributed by atoms with Crippen LogP contribution in [0.25, 0.3) is 0 Å². The summed E-state index contributed by atoms with van der Waals surface area (Å²) in [5.41, 5.74) is 0. The Morgan fingerprint density at radius 2 is 1.74 bits per heavy atom. The molecule has 1 N–H and O–H groups in total. The summed E-state index contributed by atoms with van der Waals surface area (Å²) in [4.78, 5) is 30.7. The molecule has 0 bridgehead atoms. The van der Waals surface area contributed by atoms with E-state index in [0.29, 0.717) is 38.9 Å². The summed E-state index contributed by atoms with van der Waals surface area (Å²) in [6.07, 6.45) is 2.25. The van der Waals surface area contributed by atoms with Crippen LogP contribution in [0.5, 0.6) is 0 Å². The summed E-state index contributed by atoms with van der Waals surface area (Å²) >= 11 is 0. The molecule has 3 aliphatic rings. The second-order valence-corrected chi connectivity index (χ2v) is 6.77. The number of morpholine rings is 1. The van der Waals surface area contributed by atoms with E-state index in [2.05, 4.69) is 15.1 Å². The van der Waals surface area contributed by atoms with E-state index in [4.69, 9.17) is 4.74 Å². The van der Waals surface area contributed by atoms with Crippen molar-refractivity contribution >= 4 is 11.8 Å². The second-order valence-electron chi connectivity index (χ2n) is 6.77.